The summed E-state index contributed by atoms with van der Waals surface area (Å²) in [6, 6.07) is 2.46. The first-order chi connectivity index (χ1) is 6.07. The number of carbonyl (C=O) groups excluding carboxylic acids is 1. The number of ketones is 1. The molecule has 0 radical (unpaired) electrons. The summed E-state index contributed by atoms with van der Waals surface area (Å²) >= 11 is 11.3. The molecule has 0 saturated carbocycles. The average Bonchev–Trinajstić information content (AvgIpc) is 2.12. The molecule has 0 amide bonds. The predicted octanol–water partition coefficient (Wildman–Crippen LogP) is 3.73. The first-order valence-corrected chi connectivity index (χ1v) is 4.50. The Hall–Kier alpha value is -0.600. The second-order valence-corrected chi connectivity index (χ2v) is 3.28. The van der Waals surface area contributed by atoms with Gasteiger partial charge in [0.05, 0.1) is 15.6 Å². The number of hydrogen-bond donors (Lipinski definition) is 0. The maximum Gasteiger partial charge on any atom is 0.167 e. The number of Topliss-reactive ketones (excluding diaryl/α,β-unsaturated/α-hetero) is 1. The lowest BCUT2D eigenvalue weighted by Crippen LogP contribution is -2.01. The summed E-state index contributed by atoms with van der Waals surface area (Å²) in [7, 11) is 0. The maximum absolute atomic E-state index is 13.1. The van der Waals surface area contributed by atoms with E-state index in [1.807, 2.05) is 0 Å². The molecule has 0 unspecified atom stereocenters. The molecule has 4 heteroatoms. The molecule has 0 N–H and O–H groups in total. The molecule has 1 nitrogen and oxygen atoms in total. The molecule has 0 aliphatic heterocycles. The molecule has 0 bridgehead atoms. The van der Waals surface area contributed by atoms with Crippen molar-refractivity contribution >= 4 is 29.0 Å². The zero-order valence-electron chi connectivity index (χ0n) is 6.90. The minimum Gasteiger partial charge on any atom is -0.294 e. The van der Waals surface area contributed by atoms with Gasteiger partial charge >= 0.3 is 0 Å². The van der Waals surface area contributed by atoms with Crippen LogP contribution in [0.2, 0.25) is 10.0 Å². The smallest absolute Gasteiger partial charge is 0.167 e. The van der Waals surface area contributed by atoms with Gasteiger partial charge in [0.1, 0.15) is 5.82 Å². The SMILES string of the molecule is CCC(=O)c1c(F)ccc(Cl)c1Cl. The van der Waals surface area contributed by atoms with Crippen LogP contribution in [0, 0.1) is 5.82 Å². The predicted molar refractivity (Wildman–Crippen MR) is 51.0 cm³/mol. The van der Waals surface area contributed by atoms with Crippen LogP contribution in [0.4, 0.5) is 4.39 Å². The molecule has 0 aliphatic carbocycles. The lowest BCUT2D eigenvalue weighted by atomic mass is 10.1. The zero-order chi connectivity index (χ0) is 10.0. The van der Waals surface area contributed by atoms with E-state index in [1.54, 1.807) is 6.92 Å². The Bertz CT molecular complexity index is 350. The van der Waals surface area contributed by atoms with Gasteiger partial charge in [-0.1, -0.05) is 30.1 Å². The molecular formula is C9H7Cl2FO. The summed E-state index contributed by atoms with van der Waals surface area (Å²) in [4.78, 5) is 11.2. The summed E-state index contributed by atoms with van der Waals surface area (Å²) in [6.07, 6.45) is 0.205. The third-order valence-corrected chi connectivity index (χ3v) is 2.45. The van der Waals surface area contributed by atoms with E-state index in [9.17, 15) is 9.18 Å². The van der Waals surface area contributed by atoms with Crippen molar-refractivity contribution in [3.8, 4) is 0 Å². The molecule has 1 aromatic carbocycles. The lowest BCUT2D eigenvalue weighted by Gasteiger charge is -2.04. The summed E-state index contributed by atoms with van der Waals surface area (Å²) in [6.45, 7) is 1.64. The molecule has 70 valence electrons. The molecular weight excluding hydrogens is 214 g/mol. The first-order valence-electron chi connectivity index (χ1n) is 3.74. The first kappa shape index (κ1) is 10.5. The van der Waals surface area contributed by atoms with Crippen LogP contribution in [0.1, 0.15) is 23.7 Å². The van der Waals surface area contributed by atoms with E-state index in [2.05, 4.69) is 0 Å². The van der Waals surface area contributed by atoms with Gasteiger partial charge in [-0.05, 0) is 12.1 Å². The molecule has 1 aromatic rings. The minimum atomic E-state index is -0.624. The van der Waals surface area contributed by atoms with Gasteiger partial charge in [-0.15, -0.1) is 0 Å². The van der Waals surface area contributed by atoms with Crippen molar-refractivity contribution in [2.75, 3.05) is 0 Å². The van der Waals surface area contributed by atoms with Gasteiger partial charge < -0.3 is 0 Å². The Morgan fingerprint density at radius 1 is 1.46 bits per heavy atom. The molecule has 0 fully saturated rings. The topological polar surface area (TPSA) is 17.1 Å². The quantitative estimate of drug-likeness (QED) is 0.549. The van der Waals surface area contributed by atoms with Gasteiger partial charge in [0, 0.05) is 6.42 Å². The van der Waals surface area contributed by atoms with Crippen LogP contribution in [-0.2, 0) is 0 Å². The molecule has 0 heterocycles. The van der Waals surface area contributed by atoms with Gasteiger partial charge in [-0.25, -0.2) is 4.39 Å². The fourth-order valence-electron chi connectivity index (χ4n) is 0.959. The summed E-state index contributed by atoms with van der Waals surface area (Å²) in [5, 5.41) is 0.188. The van der Waals surface area contributed by atoms with E-state index >= 15 is 0 Å². The molecule has 0 aliphatic rings. The van der Waals surface area contributed by atoms with Crippen LogP contribution in [0.25, 0.3) is 0 Å². The Labute approximate surface area is 85.5 Å². The largest absolute Gasteiger partial charge is 0.294 e. The Morgan fingerprint density at radius 2 is 2.08 bits per heavy atom. The van der Waals surface area contributed by atoms with E-state index < -0.39 is 5.82 Å². The van der Waals surface area contributed by atoms with Gasteiger partial charge in [-0.3, -0.25) is 4.79 Å². The molecule has 0 atom stereocenters. The Morgan fingerprint density at radius 3 is 2.62 bits per heavy atom. The van der Waals surface area contributed by atoms with E-state index in [0.29, 0.717) is 0 Å². The molecule has 0 aromatic heterocycles. The van der Waals surface area contributed by atoms with Gasteiger partial charge in [-0.2, -0.15) is 0 Å². The lowest BCUT2D eigenvalue weighted by molar-refractivity contribution is 0.0984. The maximum atomic E-state index is 13.1. The van der Waals surface area contributed by atoms with Crippen LogP contribution in [0.15, 0.2) is 12.1 Å². The van der Waals surface area contributed by atoms with Crippen LogP contribution < -0.4 is 0 Å². The molecule has 0 spiro atoms. The molecule has 0 saturated heterocycles. The van der Waals surface area contributed by atoms with Crippen LogP contribution in [0.3, 0.4) is 0 Å². The van der Waals surface area contributed by atoms with Crippen LogP contribution in [0.5, 0.6) is 0 Å². The number of halogens is 3. The monoisotopic (exact) mass is 220 g/mol. The number of carbonyl (C=O) groups is 1. The second kappa shape index (κ2) is 4.07. The zero-order valence-corrected chi connectivity index (χ0v) is 8.42. The number of rotatable bonds is 2. The highest BCUT2D eigenvalue weighted by Crippen LogP contribution is 2.28. The van der Waals surface area contributed by atoms with E-state index in [-0.39, 0.29) is 27.8 Å². The van der Waals surface area contributed by atoms with Crippen molar-refractivity contribution in [3.05, 3.63) is 33.6 Å². The highest BCUT2D eigenvalue weighted by atomic mass is 35.5. The third kappa shape index (κ3) is 2.01. The Balaban J connectivity index is 3.33. The third-order valence-electron chi connectivity index (χ3n) is 1.64. The van der Waals surface area contributed by atoms with Crippen molar-refractivity contribution in [1.29, 1.82) is 0 Å². The highest BCUT2D eigenvalue weighted by Gasteiger charge is 2.16. The van der Waals surface area contributed by atoms with Crippen molar-refractivity contribution in [3.63, 3.8) is 0 Å². The van der Waals surface area contributed by atoms with Crippen LogP contribution in [-0.4, -0.2) is 5.78 Å². The number of benzene rings is 1. The van der Waals surface area contributed by atoms with Gasteiger partial charge in [0.15, 0.2) is 5.78 Å². The van der Waals surface area contributed by atoms with E-state index in [1.165, 1.54) is 6.07 Å². The van der Waals surface area contributed by atoms with Gasteiger partial charge in [0.25, 0.3) is 0 Å². The van der Waals surface area contributed by atoms with Crippen molar-refractivity contribution in [2.24, 2.45) is 0 Å². The fourth-order valence-corrected chi connectivity index (χ4v) is 1.38. The minimum absolute atomic E-state index is 0.00600. The Kier molecular flexibility index (Phi) is 3.28. The van der Waals surface area contributed by atoms with Crippen molar-refractivity contribution in [1.82, 2.24) is 0 Å². The summed E-state index contributed by atoms with van der Waals surface area (Å²) in [5.41, 5.74) is -0.114. The number of hydrogen-bond acceptors (Lipinski definition) is 1. The van der Waals surface area contributed by atoms with Gasteiger partial charge in [0.2, 0.25) is 0 Å². The molecule has 1 rings (SSSR count). The second-order valence-electron chi connectivity index (χ2n) is 2.49. The van der Waals surface area contributed by atoms with Crippen molar-refractivity contribution in [2.45, 2.75) is 13.3 Å². The van der Waals surface area contributed by atoms with Crippen LogP contribution >= 0.6 is 23.2 Å². The standard InChI is InChI=1S/C9H7Cl2FO/c1-2-7(13)8-6(12)4-3-5(10)9(8)11/h3-4H,2H2,1H3. The highest BCUT2D eigenvalue weighted by molar-refractivity contribution is 6.43. The van der Waals surface area contributed by atoms with Crippen molar-refractivity contribution < 1.29 is 9.18 Å². The van der Waals surface area contributed by atoms with E-state index in [4.69, 9.17) is 23.2 Å². The average molecular weight is 221 g/mol. The summed E-state index contributed by atoms with van der Waals surface area (Å²) in [5.74, 6) is -0.966. The molecule has 13 heavy (non-hydrogen) atoms. The fraction of sp³-hybridized carbons (Fsp3) is 0.222. The summed E-state index contributed by atoms with van der Waals surface area (Å²) < 4.78 is 13.1. The normalized spacial score (nSPS) is 10.2. The van der Waals surface area contributed by atoms with E-state index in [0.717, 1.165) is 6.07 Å².